The van der Waals surface area contributed by atoms with Crippen molar-refractivity contribution in [1.82, 2.24) is 10.6 Å². The Labute approximate surface area is 198 Å². The molecular formula is C27H28N2O3S. The lowest BCUT2D eigenvalue weighted by atomic mass is 9.89. The Morgan fingerprint density at radius 2 is 1.85 bits per heavy atom. The minimum Gasteiger partial charge on any atom is -0.487 e. The standard InChI is InChI=1S/C27H28N2O3S/c1-17-7-5-8-19(13-17)25(30)28-22(15-20-9-6-12-33-20)26(31)29-23-16-27(3,4)32-24-14-18(2)10-11-21(23)24/h5-15,23H,16H2,1-4H3,(H,28,30)(H,29,31)/b22-15-. The SMILES string of the molecule is Cc1cccc(C(=O)N/C(=C\c2cccs2)C(=O)NC2CC(C)(C)Oc3cc(C)ccc32)c1. The Bertz CT molecular complexity index is 1210. The highest BCUT2D eigenvalue weighted by Gasteiger charge is 2.35. The van der Waals surface area contributed by atoms with Gasteiger partial charge in [0.1, 0.15) is 17.0 Å². The van der Waals surface area contributed by atoms with Crippen LogP contribution >= 0.6 is 11.3 Å². The van der Waals surface area contributed by atoms with Crippen LogP contribution in [0, 0.1) is 13.8 Å². The van der Waals surface area contributed by atoms with Crippen LogP contribution in [0.2, 0.25) is 0 Å². The number of benzene rings is 2. The van der Waals surface area contributed by atoms with Crippen molar-refractivity contribution in [2.45, 2.75) is 45.8 Å². The average Bonchev–Trinajstić information content (AvgIpc) is 3.25. The average molecular weight is 461 g/mol. The number of nitrogens with one attached hydrogen (secondary N) is 2. The maximum absolute atomic E-state index is 13.4. The highest BCUT2D eigenvalue weighted by molar-refractivity contribution is 7.10. The summed E-state index contributed by atoms with van der Waals surface area (Å²) in [6.07, 6.45) is 2.33. The summed E-state index contributed by atoms with van der Waals surface area (Å²) in [7, 11) is 0. The number of hydrogen-bond donors (Lipinski definition) is 2. The van der Waals surface area contributed by atoms with Gasteiger partial charge in [-0.05, 0) is 69.0 Å². The molecule has 0 spiro atoms. The molecule has 1 aliphatic heterocycles. The molecule has 1 atom stereocenters. The summed E-state index contributed by atoms with van der Waals surface area (Å²) >= 11 is 1.50. The Morgan fingerprint density at radius 3 is 2.58 bits per heavy atom. The third-order valence-corrected chi connectivity index (χ3v) is 6.35. The van der Waals surface area contributed by atoms with Crippen LogP contribution in [0.25, 0.3) is 6.08 Å². The summed E-state index contributed by atoms with van der Waals surface area (Å²) in [6, 6.07) is 16.9. The van der Waals surface area contributed by atoms with Gasteiger partial charge in [0.15, 0.2) is 0 Å². The van der Waals surface area contributed by atoms with Crippen LogP contribution in [-0.2, 0) is 4.79 Å². The molecule has 0 bridgehead atoms. The molecule has 1 aromatic heterocycles. The minimum atomic E-state index is -0.429. The molecule has 170 valence electrons. The molecule has 2 N–H and O–H groups in total. The minimum absolute atomic E-state index is 0.210. The zero-order chi connectivity index (χ0) is 23.6. The second-order valence-corrected chi connectivity index (χ2v) is 10.0. The summed E-state index contributed by atoms with van der Waals surface area (Å²) in [5, 5.41) is 7.89. The van der Waals surface area contributed by atoms with Crippen molar-refractivity contribution in [1.29, 1.82) is 0 Å². The van der Waals surface area contributed by atoms with E-state index in [2.05, 4.69) is 10.6 Å². The smallest absolute Gasteiger partial charge is 0.268 e. The van der Waals surface area contributed by atoms with Crippen molar-refractivity contribution in [2.75, 3.05) is 0 Å². The van der Waals surface area contributed by atoms with Gasteiger partial charge in [-0.15, -0.1) is 11.3 Å². The molecule has 0 fully saturated rings. The molecule has 0 aliphatic carbocycles. The van der Waals surface area contributed by atoms with E-state index in [0.29, 0.717) is 12.0 Å². The molecule has 33 heavy (non-hydrogen) atoms. The fourth-order valence-electron chi connectivity index (χ4n) is 3.98. The van der Waals surface area contributed by atoms with Crippen molar-refractivity contribution in [3.63, 3.8) is 0 Å². The predicted molar refractivity (Wildman–Crippen MR) is 132 cm³/mol. The molecule has 4 rings (SSSR count). The van der Waals surface area contributed by atoms with E-state index in [4.69, 9.17) is 4.74 Å². The van der Waals surface area contributed by atoms with E-state index in [1.54, 1.807) is 18.2 Å². The summed E-state index contributed by atoms with van der Waals surface area (Å²) in [4.78, 5) is 27.2. The second-order valence-electron chi connectivity index (χ2n) is 9.03. The zero-order valence-electron chi connectivity index (χ0n) is 19.3. The first kappa shape index (κ1) is 22.8. The van der Waals surface area contributed by atoms with Crippen molar-refractivity contribution in [3.8, 4) is 5.75 Å². The van der Waals surface area contributed by atoms with Crippen LogP contribution in [0.5, 0.6) is 5.75 Å². The number of ether oxygens (including phenoxy) is 1. The van der Waals surface area contributed by atoms with Gasteiger partial charge in [0.2, 0.25) is 0 Å². The number of thiophene rings is 1. The van der Waals surface area contributed by atoms with Gasteiger partial charge in [-0.1, -0.05) is 35.9 Å². The molecule has 6 heteroatoms. The van der Waals surface area contributed by atoms with Crippen LogP contribution in [0.4, 0.5) is 0 Å². The summed E-state index contributed by atoms with van der Waals surface area (Å²) in [5.41, 5.74) is 3.30. The molecule has 3 aromatic rings. The van der Waals surface area contributed by atoms with E-state index in [1.165, 1.54) is 11.3 Å². The van der Waals surface area contributed by atoms with Crippen LogP contribution in [0.15, 0.2) is 65.7 Å². The molecule has 1 aliphatic rings. The zero-order valence-corrected chi connectivity index (χ0v) is 20.1. The lowest BCUT2D eigenvalue weighted by molar-refractivity contribution is -0.119. The second kappa shape index (κ2) is 9.24. The Morgan fingerprint density at radius 1 is 1.06 bits per heavy atom. The fourth-order valence-corrected chi connectivity index (χ4v) is 4.64. The quantitative estimate of drug-likeness (QED) is 0.490. The van der Waals surface area contributed by atoms with E-state index in [0.717, 1.165) is 27.3 Å². The summed E-state index contributed by atoms with van der Waals surface area (Å²) in [6.45, 7) is 7.97. The van der Waals surface area contributed by atoms with Gasteiger partial charge in [-0.25, -0.2) is 0 Å². The normalized spacial score (nSPS) is 17.0. The first-order chi connectivity index (χ1) is 15.7. The van der Waals surface area contributed by atoms with E-state index in [1.807, 2.05) is 75.5 Å². The topological polar surface area (TPSA) is 67.4 Å². The number of aryl methyl sites for hydroxylation is 2. The summed E-state index contributed by atoms with van der Waals surface area (Å²) < 4.78 is 6.16. The Kier molecular flexibility index (Phi) is 6.38. The van der Waals surface area contributed by atoms with Gasteiger partial charge in [0.05, 0.1) is 6.04 Å². The number of amides is 2. The molecule has 1 unspecified atom stereocenters. The lowest BCUT2D eigenvalue weighted by Gasteiger charge is -2.38. The van der Waals surface area contributed by atoms with Gasteiger partial charge in [-0.3, -0.25) is 9.59 Å². The highest BCUT2D eigenvalue weighted by Crippen LogP contribution is 2.40. The van der Waals surface area contributed by atoms with Gasteiger partial charge >= 0.3 is 0 Å². The van der Waals surface area contributed by atoms with Crippen LogP contribution in [0.1, 0.15) is 58.2 Å². The number of rotatable bonds is 5. The lowest BCUT2D eigenvalue weighted by Crippen LogP contribution is -2.43. The van der Waals surface area contributed by atoms with E-state index in [-0.39, 0.29) is 23.6 Å². The maximum atomic E-state index is 13.4. The Balaban J connectivity index is 1.62. The fraction of sp³-hybridized carbons (Fsp3) is 0.259. The predicted octanol–water partition coefficient (Wildman–Crippen LogP) is 5.55. The molecular weight excluding hydrogens is 432 g/mol. The van der Waals surface area contributed by atoms with Crippen LogP contribution in [-0.4, -0.2) is 17.4 Å². The molecule has 0 saturated carbocycles. The molecule has 2 amide bonds. The molecule has 0 saturated heterocycles. The van der Waals surface area contributed by atoms with Crippen molar-refractivity contribution in [2.24, 2.45) is 0 Å². The van der Waals surface area contributed by atoms with Gasteiger partial charge < -0.3 is 15.4 Å². The van der Waals surface area contributed by atoms with Crippen molar-refractivity contribution < 1.29 is 14.3 Å². The highest BCUT2D eigenvalue weighted by atomic mass is 32.1. The first-order valence-electron chi connectivity index (χ1n) is 10.9. The molecule has 2 heterocycles. The van der Waals surface area contributed by atoms with Crippen molar-refractivity contribution >= 4 is 29.2 Å². The number of fused-ring (bicyclic) bond motifs is 1. The summed E-state index contributed by atoms with van der Waals surface area (Å²) in [5.74, 6) is 0.128. The van der Waals surface area contributed by atoms with Gasteiger partial charge in [0, 0.05) is 22.4 Å². The molecule has 5 nitrogen and oxygen atoms in total. The van der Waals surface area contributed by atoms with Crippen LogP contribution < -0.4 is 15.4 Å². The molecule has 0 radical (unpaired) electrons. The van der Waals surface area contributed by atoms with Crippen molar-refractivity contribution in [3.05, 3.63) is 92.8 Å². The number of carbonyl (C=O) groups is 2. The van der Waals surface area contributed by atoms with Gasteiger partial charge in [0.25, 0.3) is 11.8 Å². The molecule has 2 aromatic carbocycles. The largest absolute Gasteiger partial charge is 0.487 e. The van der Waals surface area contributed by atoms with Gasteiger partial charge in [-0.2, -0.15) is 0 Å². The monoisotopic (exact) mass is 460 g/mol. The van der Waals surface area contributed by atoms with E-state index >= 15 is 0 Å². The van der Waals surface area contributed by atoms with E-state index < -0.39 is 5.60 Å². The number of hydrogen-bond acceptors (Lipinski definition) is 4. The maximum Gasteiger partial charge on any atom is 0.268 e. The number of carbonyl (C=O) groups excluding carboxylic acids is 2. The first-order valence-corrected chi connectivity index (χ1v) is 11.8. The third kappa shape index (κ3) is 5.52. The third-order valence-electron chi connectivity index (χ3n) is 5.53. The van der Waals surface area contributed by atoms with Crippen LogP contribution in [0.3, 0.4) is 0 Å². The van der Waals surface area contributed by atoms with E-state index in [9.17, 15) is 9.59 Å². The Hall–Kier alpha value is -3.38.